The number of hydrogen-bond acceptors (Lipinski definition) is 4. The number of ether oxygens (including phenoxy) is 3. The van der Waals surface area contributed by atoms with E-state index in [4.69, 9.17) is 14.2 Å². The Balaban J connectivity index is 1.58. The molecule has 0 bridgehead atoms. The molecule has 0 saturated carbocycles. The van der Waals surface area contributed by atoms with Crippen LogP contribution < -0.4 is 0 Å². The molecule has 0 aromatic heterocycles. The van der Waals surface area contributed by atoms with Gasteiger partial charge in [-0.3, -0.25) is 4.79 Å². The molecule has 0 radical (unpaired) electrons. The number of fused-ring (bicyclic) bond motifs is 1. The summed E-state index contributed by atoms with van der Waals surface area (Å²) in [6, 6.07) is 9.86. The van der Waals surface area contributed by atoms with Crippen molar-refractivity contribution in [2.75, 3.05) is 0 Å². The maximum atomic E-state index is 11.5. The van der Waals surface area contributed by atoms with Gasteiger partial charge < -0.3 is 14.2 Å². The van der Waals surface area contributed by atoms with Crippen LogP contribution in [0.3, 0.4) is 0 Å². The van der Waals surface area contributed by atoms with Crippen LogP contribution in [0.1, 0.15) is 12.5 Å². The summed E-state index contributed by atoms with van der Waals surface area (Å²) < 4.78 is 16.4. The van der Waals surface area contributed by atoms with Crippen molar-refractivity contribution in [1.82, 2.24) is 0 Å². The standard InChI is InChI=1S/C13H14O4/c1-8-10(14)11-12(17-11)13(16-8)15-7-9-5-3-2-4-6-9/h2-6,8,11-13H,7H2,1H3/t8-,11+,12+,13+/m0/s1. The molecule has 0 spiro atoms. The minimum Gasteiger partial charge on any atom is -0.356 e. The van der Waals surface area contributed by atoms with Crippen LogP contribution >= 0.6 is 0 Å². The van der Waals surface area contributed by atoms with E-state index >= 15 is 0 Å². The number of epoxide rings is 1. The van der Waals surface area contributed by atoms with Gasteiger partial charge in [0.05, 0.1) is 6.61 Å². The van der Waals surface area contributed by atoms with E-state index in [1.807, 2.05) is 30.3 Å². The number of rotatable bonds is 3. The van der Waals surface area contributed by atoms with Crippen molar-refractivity contribution in [2.45, 2.75) is 38.1 Å². The summed E-state index contributed by atoms with van der Waals surface area (Å²) in [6.07, 6.45) is -1.37. The Kier molecular flexibility index (Phi) is 2.70. The highest BCUT2D eigenvalue weighted by Crippen LogP contribution is 2.35. The summed E-state index contributed by atoms with van der Waals surface area (Å²) >= 11 is 0. The topological polar surface area (TPSA) is 48.1 Å². The fourth-order valence-electron chi connectivity index (χ4n) is 2.02. The van der Waals surface area contributed by atoms with Gasteiger partial charge in [0.2, 0.25) is 0 Å². The zero-order chi connectivity index (χ0) is 11.8. The lowest BCUT2D eigenvalue weighted by atomic mass is 10.1. The minimum absolute atomic E-state index is 0.0227. The van der Waals surface area contributed by atoms with Crippen LogP contribution in [0.4, 0.5) is 0 Å². The summed E-state index contributed by atoms with van der Waals surface area (Å²) in [7, 11) is 0. The first kappa shape index (κ1) is 10.9. The normalized spacial score (nSPS) is 35.5. The maximum Gasteiger partial charge on any atom is 0.192 e. The molecular weight excluding hydrogens is 220 g/mol. The summed E-state index contributed by atoms with van der Waals surface area (Å²) in [6.45, 7) is 2.21. The number of Topliss-reactive ketones (excluding diaryl/α,β-unsaturated/α-hetero) is 1. The molecule has 0 aliphatic carbocycles. The SMILES string of the molecule is C[C@@H]1O[C@@H](OCc2ccccc2)[C@@H]2O[C@@H]2C1=O. The molecule has 3 rings (SSSR count). The Bertz CT molecular complexity index is 413. The van der Waals surface area contributed by atoms with Crippen molar-refractivity contribution in [3.05, 3.63) is 35.9 Å². The van der Waals surface area contributed by atoms with Crippen molar-refractivity contribution in [2.24, 2.45) is 0 Å². The van der Waals surface area contributed by atoms with Crippen molar-refractivity contribution in [3.8, 4) is 0 Å². The molecule has 2 saturated heterocycles. The Morgan fingerprint density at radius 1 is 1.24 bits per heavy atom. The smallest absolute Gasteiger partial charge is 0.192 e. The van der Waals surface area contributed by atoms with E-state index in [1.54, 1.807) is 6.92 Å². The monoisotopic (exact) mass is 234 g/mol. The predicted molar refractivity (Wildman–Crippen MR) is 59.2 cm³/mol. The van der Waals surface area contributed by atoms with Gasteiger partial charge in [-0.1, -0.05) is 30.3 Å². The van der Waals surface area contributed by atoms with Crippen LogP contribution in [0.2, 0.25) is 0 Å². The fraction of sp³-hybridized carbons (Fsp3) is 0.462. The molecule has 4 heteroatoms. The van der Waals surface area contributed by atoms with E-state index < -0.39 is 12.4 Å². The second-order valence-electron chi connectivity index (χ2n) is 4.37. The van der Waals surface area contributed by atoms with Crippen molar-refractivity contribution >= 4 is 5.78 Å². The first-order valence-electron chi connectivity index (χ1n) is 5.76. The second-order valence-corrected chi connectivity index (χ2v) is 4.37. The molecule has 1 aromatic rings. The molecule has 4 atom stereocenters. The Morgan fingerprint density at radius 2 is 2.00 bits per heavy atom. The zero-order valence-electron chi connectivity index (χ0n) is 9.54. The molecule has 17 heavy (non-hydrogen) atoms. The van der Waals surface area contributed by atoms with Crippen LogP contribution in [-0.2, 0) is 25.6 Å². The van der Waals surface area contributed by atoms with Crippen molar-refractivity contribution in [1.29, 1.82) is 0 Å². The van der Waals surface area contributed by atoms with Gasteiger partial charge in [-0.25, -0.2) is 0 Å². The van der Waals surface area contributed by atoms with Crippen LogP contribution in [0.15, 0.2) is 30.3 Å². The quantitative estimate of drug-likeness (QED) is 0.739. The van der Waals surface area contributed by atoms with Gasteiger partial charge in [0.1, 0.15) is 12.2 Å². The lowest BCUT2D eigenvalue weighted by molar-refractivity contribution is -0.192. The summed E-state index contributed by atoms with van der Waals surface area (Å²) in [5.41, 5.74) is 1.08. The molecule has 0 N–H and O–H groups in total. The van der Waals surface area contributed by atoms with Gasteiger partial charge in [0.15, 0.2) is 18.2 Å². The summed E-state index contributed by atoms with van der Waals surface area (Å²) in [5.74, 6) is 0.0227. The van der Waals surface area contributed by atoms with Gasteiger partial charge in [-0.2, -0.15) is 0 Å². The van der Waals surface area contributed by atoms with Gasteiger partial charge in [-0.05, 0) is 12.5 Å². The maximum absolute atomic E-state index is 11.5. The van der Waals surface area contributed by atoms with Gasteiger partial charge in [-0.15, -0.1) is 0 Å². The predicted octanol–water partition coefficient (Wildman–Crippen LogP) is 1.28. The lowest BCUT2D eigenvalue weighted by Crippen LogP contribution is -2.41. The minimum atomic E-state index is -0.431. The molecule has 2 fully saturated rings. The van der Waals surface area contributed by atoms with Crippen molar-refractivity contribution < 1.29 is 19.0 Å². The van der Waals surface area contributed by atoms with Gasteiger partial charge in [0.25, 0.3) is 0 Å². The molecule has 90 valence electrons. The highest BCUT2D eigenvalue weighted by atomic mass is 16.7. The van der Waals surface area contributed by atoms with E-state index in [9.17, 15) is 4.79 Å². The average molecular weight is 234 g/mol. The number of benzene rings is 1. The first-order chi connectivity index (χ1) is 8.25. The van der Waals surface area contributed by atoms with E-state index in [1.165, 1.54) is 0 Å². The van der Waals surface area contributed by atoms with E-state index in [-0.39, 0.29) is 18.0 Å². The number of hydrogen-bond donors (Lipinski definition) is 0. The molecule has 1 aromatic carbocycles. The molecule has 0 unspecified atom stereocenters. The molecule has 2 heterocycles. The molecule has 4 nitrogen and oxygen atoms in total. The van der Waals surface area contributed by atoms with Gasteiger partial charge in [0, 0.05) is 0 Å². The highest BCUT2D eigenvalue weighted by Gasteiger charge is 2.57. The third kappa shape index (κ3) is 2.11. The Hall–Kier alpha value is -1.23. The number of ketones is 1. The third-order valence-corrected chi connectivity index (χ3v) is 3.07. The largest absolute Gasteiger partial charge is 0.356 e. The summed E-state index contributed by atoms with van der Waals surface area (Å²) in [4.78, 5) is 11.5. The van der Waals surface area contributed by atoms with Gasteiger partial charge >= 0.3 is 0 Å². The van der Waals surface area contributed by atoms with Crippen LogP contribution in [0.5, 0.6) is 0 Å². The van der Waals surface area contributed by atoms with Crippen LogP contribution in [0.25, 0.3) is 0 Å². The lowest BCUT2D eigenvalue weighted by Gasteiger charge is -2.23. The number of carbonyl (C=O) groups excluding carboxylic acids is 1. The van der Waals surface area contributed by atoms with Crippen molar-refractivity contribution in [3.63, 3.8) is 0 Å². The Morgan fingerprint density at radius 3 is 2.76 bits per heavy atom. The highest BCUT2D eigenvalue weighted by molar-refractivity contribution is 5.90. The fourth-order valence-corrected chi connectivity index (χ4v) is 2.02. The number of carbonyl (C=O) groups is 1. The first-order valence-corrected chi connectivity index (χ1v) is 5.76. The summed E-state index contributed by atoms with van der Waals surface area (Å²) in [5, 5.41) is 0. The Labute approximate surface area is 99.5 Å². The van der Waals surface area contributed by atoms with Crippen LogP contribution in [-0.4, -0.2) is 30.4 Å². The third-order valence-electron chi connectivity index (χ3n) is 3.07. The molecule has 0 amide bonds. The van der Waals surface area contributed by atoms with Crippen LogP contribution in [0, 0.1) is 0 Å². The van der Waals surface area contributed by atoms with E-state index in [0.29, 0.717) is 6.61 Å². The molecule has 2 aliphatic heterocycles. The van der Waals surface area contributed by atoms with E-state index in [0.717, 1.165) is 5.56 Å². The second kappa shape index (κ2) is 4.22. The van der Waals surface area contributed by atoms with E-state index in [2.05, 4.69) is 0 Å². The average Bonchev–Trinajstić information content (AvgIpc) is 3.14. The zero-order valence-corrected chi connectivity index (χ0v) is 9.54. The molecule has 2 aliphatic rings. The molecular formula is C13H14O4.